The summed E-state index contributed by atoms with van der Waals surface area (Å²) in [6.45, 7) is 8.20. The quantitative estimate of drug-likeness (QED) is 0.573. The molecule has 2 aromatic carbocycles. The van der Waals surface area contributed by atoms with Crippen LogP contribution < -0.4 is 14.4 Å². The van der Waals surface area contributed by atoms with E-state index in [0.717, 1.165) is 12.8 Å². The Bertz CT molecular complexity index is 1070. The number of hydrogen-bond acceptors (Lipinski definition) is 5. The highest BCUT2D eigenvalue weighted by Crippen LogP contribution is 2.39. The molecule has 0 bridgehead atoms. The third-order valence-corrected chi connectivity index (χ3v) is 6.08. The van der Waals surface area contributed by atoms with Gasteiger partial charge < -0.3 is 14.4 Å². The van der Waals surface area contributed by atoms with Crippen molar-refractivity contribution < 1.29 is 23.5 Å². The smallest absolute Gasteiger partial charge is 0.282 e. The van der Waals surface area contributed by atoms with E-state index in [0.29, 0.717) is 66.2 Å². The second-order valence-corrected chi connectivity index (χ2v) is 8.34. The number of rotatable bonds is 7. The normalized spacial score (nSPS) is 17.2. The van der Waals surface area contributed by atoms with Gasteiger partial charge in [0.05, 0.1) is 24.5 Å². The molecule has 0 N–H and O–H groups in total. The number of anilines is 1. The molecule has 0 aliphatic carbocycles. The first kappa shape index (κ1) is 22.8. The van der Waals surface area contributed by atoms with E-state index >= 15 is 0 Å². The van der Waals surface area contributed by atoms with Crippen LogP contribution in [0.1, 0.15) is 39.2 Å². The lowest BCUT2D eigenvalue weighted by molar-refractivity contribution is -0.120. The Labute approximate surface area is 193 Å². The Hall–Kier alpha value is -3.35. The molecule has 0 radical (unpaired) electrons. The molecule has 4 rings (SSSR count). The van der Waals surface area contributed by atoms with Crippen molar-refractivity contribution in [3.63, 3.8) is 0 Å². The molecule has 33 heavy (non-hydrogen) atoms. The van der Waals surface area contributed by atoms with Crippen molar-refractivity contribution in [3.8, 4) is 11.5 Å². The number of nitrogens with zero attached hydrogens (tertiary/aromatic N) is 2. The zero-order valence-corrected chi connectivity index (χ0v) is 19.3. The van der Waals surface area contributed by atoms with Gasteiger partial charge >= 0.3 is 0 Å². The highest BCUT2D eigenvalue weighted by atomic mass is 19.1. The van der Waals surface area contributed by atoms with Crippen LogP contribution in [-0.2, 0) is 9.59 Å². The molecule has 2 heterocycles. The Morgan fingerprint density at radius 1 is 0.909 bits per heavy atom. The van der Waals surface area contributed by atoms with Crippen LogP contribution in [0.25, 0.3) is 5.57 Å². The van der Waals surface area contributed by atoms with Crippen LogP contribution in [0, 0.1) is 11.7 Å². The second-order valence-electron chi connectivity index (χ2n) is 8.34. The van der Waals surface area contributed by atoms with Crippen molar-refractivity contribution in [3.05, 3.63) is 59.5 Å². The van der Waals surface area contributed by atoms with Crippen molar-refractivity contribution in [2.45, 2.75) is 33.6 Å². The van der Waals surface area contributed by atoms with Gasteiger partial charge in [0.25, 0.3) is 11.8 Å². The molecule has 2 aromatic rings. The minimum Gasteiger partial charge on any atom is -0.490 e. The van der Waals surface area contributed by atoms with Gasteiger partial charge in [-0.3, -0.25) is 9.59 Å². The van der Waals surface area contributed by atoms with Crippen LogP contribution in [-0.4, -0.2) is 43.0 Å². The number of likely N-dealkylation sites (tertiary alicyclic amines) is 1. The van der Waals surface area contributed by atoms with E-state index in [2.05, 4.69) is 6.92 Å². The Balaban J connectivity index is 1.77. The summed E-state index contributed by atoms with van der Waals surface area (Å²) < 4.78 is 24.9. The number of piperidine rings is 1. The van der Waals surface area contributed by atoms with Gasteiger partial charge in [-0.15, -0.1) is 0 Å². The van der Waals surface area contributed by atoms with Crippen LogP contribution in [0.15, 0.2) is 48.2 Å². The third-order valence-electron chi connectivity index (χ3n) is 6.08. The molecule has 7 heteroatoms. The first-order valence-electron chi connectivity index (χ1n) is 11.5. The number of ether oxygens (including phenoxy) is 2. The van der Waals surface area contributed by atoms with E-state index in [1.54, 1.807) is 30.3 Å². The molecule has 0 atom stereocenters. The van der Waals surface area contributed by atoms with Crippen molar-refractivity contribution in [1.82, 2.24) is 4.90 Å². The molecule has 6 nitrogen and oxygen atoms in total. The second kappa shape index (κ2) is 9.65. The van der Waals surface area contributed by atoms with Crippen LogP contribution in [0.2, 0.25) is 0 Å². The van der Waals surface area contributed by atoms with Gasteiger partial charge in [-0.1, -0.05) is 19.1 Å². The molecule has 0 unspecified atom stereocenters. The predicted octanol–water partition coefficient (Wildman–Crippen LogP) is 4.64. The zero-order valence-electron chi connectivity index (χ0n) is 19.3. The molecule has 1 fully saturated rings. The number of halogens is 1. The van der Waals surface area contributed by atoms with Crippen molar-refractivity contribution in [2.24, 2.45) is 5.92 Å². The third kappa shape index (κ3) is 4.45. The lowest BCUT2D eigenvalue weighted by atomic mass is 9.97. The average molecular weight is 453 g/mol. The minimum absolute atomic E-state index is 0.307. The Kier molecular flexibility index (Phi) is 6.67. The maximum atomic E-state index is 13.7. The van der Waals surface area contributed by atoms with Gasteiger partial charge in [0.2, 0.25) is 0 Å². The largest absolute Gasteiger partial charge is 0.490 e. The Morgan fingerprint density at radius 2 is 1.55 bits per heavy atom. The first-order chi connectivity index (χ1) is 15.9. The summed E-state index contributed by atoms with van der Waals surface area (Å²) in [6.07, 6.45) is 1.89. The molecule has 2 aliphatic heterocycles. The van der Waals surface area contributed by atoms with Crippen LogP contribution >= 0.6 is 0 Å². The van der Waals surface area contributed by atoms with Gasteiger partial charge in [-0.05, 0) is 62.4 Å². The van der Waals surface area contributed by atoms with Crippen LogP contribution in [0.4, 0.5) is 10.1 Å². The summed E-state index contributed by atoms with van der Waals surface area (Å²) in [4.78, 5) is 30.5. The average Bonchev–Trinajstić information content (AvgIpc) is 3.06. The number of benzene rings is 2. The number of carbonyl (C=O) groups excluding carboxylic acids is 2. The van der Waals surface area contributed by atoms with E-state index in [-0.39, 0.29) is 5.91 Å². The summed E-state index contributed by atoms with van der Waals surface area (Å²) in [5.74, 6) is 0.404. The molecule has 174 valence electrons. The predicted molar refractivity (Wildman–Crippen MR) is 125 cm³/mol. The minimum atomic E-state index is -0.424. The number of hydrogen-bond donors (Lipinski definition) is 0. The molecule has 0 aromatic heterocycles. The van der Waals surface area contributed by atoms with Gasteiger partial charge in [-0.2, -0.15) is 0 Å². The molecule has 2 amide bonds. The Morgan fingerprint density at radius 3 is 2.18 bits per heavy atom. The molecule has 1 saturated heterocycles. The molecular formula is C26H29FN2O4. The van der Waals surface area contributed by atoms with Crippen molar-refractivity contribution >= 4 is 23.1 Å². The topological polar surface area (TPSA) is 59.1 Å². The number of carbonyl (C=O) groups is 2. The van der Waals surface area contributed by atoms with Crippen molar-refractivity contribution in [1.29, 1.82) is 0 Å². The van der Waals surface area contributed by atoms with Crippen LogP contribution in [0.5, 0.6) is 11.5 Å². The van der Waals surface area contributed by atoms with E-state index in [9.17, 15) is 14.0 Å². The lowest BCUT2D eigenvalue weighted by Crippen LogP contribution is -2.38. The van der Waals surface area contributed by atoms with Crippen molar-refractivity contribution in [2.75, 3.05) is 31.2 Å². The summed E-state index contributed by atoms with van der Waals surface area (Å²) in [7, 11) is 0. The van der Waals surface area contributed by atoms with E-state index < -0.39 is 11.7 Å². The van der Waals surface area contributed by atoms with Crippen LogP contribution in [0.3, 0.4) is 0 Å². The van der Waals surface area contributed by atoms with E-state index in [1.165, 1.54) is 17.0 Å². The molecule has 0 spiro atoms. The summed E-state index contributed by atoms with van der Waals surface area (Å²) in [5.41, 5.74) is 1.63. The molecule has 2 aliphatic rings. The van der Waals surface area contributed by atoms with E-state index in [1.807, 2.05) is 18.7 Å². The maximum absolute atomic E-state index is 13.7. The summed E-state index contributed by atoms with van der Waals surface area (Å²) in [6, 6.07) is 10.8. The lowest BCUT2D eigenvalue weighted by Gasteiger charge is -2.32. The fourth-order valence-corrected chi connectivity index (χ4v) is 4.33. The monoisotopic (exact) mass is 452 g/mol. The van der Waals surface area contributed by atoms with Gasteiger partial charge in [0, 0.05) is 19.2 Å². The summed E-state index contributed by atoms with van der Waals surface area (Å²) in [5, 5.41) is 0. The standard InChI is InChI=1S/C26H29FN2O4/c1-4-32-21-11-10-20(16-22(21)33-5-2)29-25(30)23(18-6-8-19(27)9-7-18)24(26(29)31)28-14-12-17(3)13-15-28/h6-11,16-17H,4-5,12-15H2,1-3H3. The highest BCUT2D eigenvalue weighted by Gasteiger charge is 2.43. The fourth-order valence-electron chi connectivity index (χ4n) is 4.33. The van der Waals surface area contributed by atoms with Gasteiger partial charge in [0.1, 0.15) is 11.5 Å². The highest BCUT2D eigenvalue weighted by molar-refractivity contribution is 6.45. The maximum Gasteiger partial charge on any atom is 0.282 e. The van der Waals surface area contributed by atoms with Gasteiger partial charge in [-0.25, -0.2) is 9.29 Å². The first-order valence-corrected chi connectivity index (χ1v) is 11.5. The SMILES string of the molecule is CCOc1ccc(N2C(=O)C(c3ccc(F)cc3)=C(N3CCC(C)CC3)C2=O)cc1OCC. The number of amides is 2. The zero-order chi connectivity index (χ0) is 23.5. The van der Waals surface area contributed by atoms with Gasteiger partial charge in [0.15, 0.2) is 11.5 Å². The summed E-state index contributed by atoms with van der Waals surface area (Å²) >= 11 is 0. The van der Waals surface area contributed by atoms with E-state index in [4.69, 9.17) is 9.47 Å². The number of imide groups is 1. The molecule has 0 saturated carbocycles. The fraction of sp³-hybridized carbons (Fsp3) is 0.385. The molecular weight excluding hydrogens is 423 g/mol.